The van der Waals surface area contributed by atoms with Crippen LogP contribution in [0.3, 0.4) is 0 Å². The fourth-order valence-corrected chi connectivity index (χ4v) is 8.85. The molecule has 53 heavy (non-hydrogen) atoms. The molecule has 4 N–H and O–H groups in total. The Kier molecular flexibility index (Phi) is 11.1. The smallest absolute Gasteiger partial charge is 0.162 e. The van der Waals surface area contributed by atoms with Crippen molar-refractivity contribution in [2.24, 2.45) is 10.7 Å². The first-order chi connectivity index (χ1) is 26.0. The molecule has 0 bridgehead atoms. The minimum Gasteiger partial charge on any atom is -0.403 e. The van der Waals surface area contributed by atoms with Gasteiger partial charge in [0.2, 0.25) is 0 Å². The molecule has 8 rings (SSSR count). The van der Waals surface area contributed by atoms with E-state index in [1.807, 2.05) is 62.7 Å². The van der Waals surface area contributed by atoms with Gasteiger partial charge in [0.05, 0.1) is 29.3 Å². The Labute approximate surface area is 315 Å². The molecule has 1 atom stereocenters. The zero-order valence-electron chi connectivity index (χ0n) is 31.5. The molecule has 0 radical (unpaired) electrons. The summed E-state index contributed by atoms with van der Waals surface area (Å²) in [5.41, 5.74) is 18.2. The van der Waals surface area contributed by atoms with Gasteiger partial charge in [0.1, 0.15) is 0 Å². The Morgan fingerprint density at radius 2 is 1.74 bits per heavy atom. The largest absolute Gasteiger partial charge is 0.403 e. The van der Waals surface area contributed by atoms with Gasteiger partial charge in [-0.15, -0.1) is 10.2 Å². The third kappa shape index (κ3) is 7.53. The van der Waals surface area contributed by atoms with Crippen LogP contribution >= 0.6 is 0 Å². The SMILES string of the molecule is C=C1CCC(N2CCCc3c(C4CCC(N5CCN(/C(C=Nc6c[nH]c7nnc(-c8ccccc8)cc67)=C/N)C(=C)C5)CC4)cccc32)C(=C)N1.CC. The first kappa shape index (κ1) is 36.2. The van der Waals surface area contributed by atoms with Gasteiger partial charge >= 0.3 is 0 Å². The minimum absolute atomic E-state index is 0.338. The van der Waals surface area contributed by atoms with Crippen LogP contribution in [0.4, 0.5) is 11.4 Å². The number of allylic oxidation sites excluding steroid dienone is 2. The lowest BCUT2D eigenvalue weighted by Gasteiger charge is -2.44. The molecule has 5 heterocycles. The zero-order valence-corrected chi connectivity index (χ0v) is 31.5. The Morgan fingerprint density at radius 1 is 0.925 bits per heavy atom. The number of fused-ring (bicyclic) bond motifs is 2. The second kappa shape index (κ2) is 16.3. The lowest BCUT2D eigenvalue weighted by Crippen LogP contribution is -2.49. The van der Waals surface area contributed by atoms with E-state index in [1.165, 1.54) is 44.2 Å². The predicted octanol–water partition coefficient (Wildman–Crippen LogP) is 8.54. The maximum absolute atomic E-state index is 6.18. The van der Waals surface area contributed by atoms with E-state index in [1.54, 1.807) is 17.3 Å². The molecule has 2 saturated heterocycles. The fourth-order valence-electron chi connectivity index (χ4n) is 8.85. The van der Waals surface area contributed by atoms with Gasteiger partial charge in [-0.25, -0.2) is 0 Å². The summed E-state index contributed by atoms with van der Waals surface area (Å²) in [4.78, 5) is 15.5. The predicted molar refractivity (Wildman–Crippen MR) is 220 cm³/mol. The van der Waals surface area contributed by atoms with Crippen molar-refractivity contribution >= 4 is 28.6 Å². The fraction of sp³-hybridized carbons (Fsp3) is 0.386. The van der Waals surface area contributed by atoms with E-state index in [2.05, 4.69) is 73.1 Å². The Hall–Kier alpha value is -5.15. The molecule has 1 unspecified atom stereocenters. The molecular weight excluding hydrogens is 655 g/mol. The summed E-state index contributed by atoms with van der Waals surface area (Å²) < 4.78 is 0. The highest BCUT2D eigenvalue weighted by atomic mass is 15.3. The van der Waals surface area contributed by atoms with E-state index >= 15 is 0 Å². The molecule has 4 aliphatic rings. The third-order valence-corrected chi connectivity index (χ3v) is 11.5. The Bertz CT molecular complexity index is 2000. The molecule has 2 aromatic heterocycles. The van der Waals surface area contributed by atoms with E-state index in [-0.39, 0.29) is 0 Å². The number of nitrogens with zero attached hydrogens (tertiary/aromatic N) is 6. The number of rotatable bonds is 7. The Morgan fingerprint density at radius 3 is 2.49 bits per heavy atom. The number of piperazine rings is 1. The first-order valence-corrected chi connectivity index (χ1v) is 19.5. The number of H-pyrrole nitrogens is 1. The maximum Gasteiger partial charge on any atom is 0.162 e. The van der Waals surface area contributed by atoms with E-state index in [0.717, 1.165) is 84.1 Å². The van der Waals surface area contributed by atoms with Crippen molar-refractivity contribution in [3.63, 3.8) is 0 Å². The number of nitrogens with one attached hydrogen (secondary N) is 2. The Balaban J connectivity index is 0.00000214. The molecular formula is C44H55N9. The highest BCUT2D eigenvalue weighted by Gasteiger charge is 2.34. The molecule has 276 valence electrons. The molecule has 9 nitrogen and oxygen atoms in total. The first-order valence-electron chi connectivity index (χ1n) is 19.5. The zero-order chi connectivity index (χ0) is 36.9. The number of aromatic nitrogens is 3. The van der Waals surface area contributed by atoms with Crippen LogP contribution in [0.2, 0.25) is 0 Å². The van der Waals surface area contributed by atoms with Crippen LogP contribution in [0.1, 0.15) is 75.8 Å². The summed E-state index contributed by atoms with van der Waals surface area (Å²) in [6.45, 7) is 20.8. The van der Waals surface area contributed by atoms with Crippen molar-refractivity contribution < 1.29 is 0 Å². The summed E-state index contributed by atoms with van der Waals surface area (Å²) in [6, 6.07) is 20.1. The van der Waals surface area contributed by atoms with Gasteiger partial charge in [-0.3, -0.25) is 9.89 Å². The number of piperidine rings is 1. The van der Waals surface area contributed by atoms with Crippen LogP contribution in [-0.4, -0.2) is 69.5 Å². The molecule has 1 saturated carbocycles. The topological polar surface area (TPSA) is 102 Å². The van der Waals surface area contributed by atoms with Crippen molar-refractivity contribution in [1.82, 2.24) is 30.3 Å². The molecule has 3 fully saturated rings. The van der Waals surface area contributed by atoms with Crippen molar-refractivity contribution in [2.45, 2.75) is 83.2 Å². The van der Waals surface area contributed by atoms with Gasteiger partial charge < -0.3 is 25.8 Å². The minimum atomic E-state index is 0.338. The van der Waals surface area contributed by atoms with E-state index < -0.39 is 0 Å². The standard InChI is InChI=1S/C42H49N9.C2H6/c1-28-14-19-40(30(3)46-28)51-20-8-12-36-35(11-7-13-41(36)51)31-15-17-33(18-16-31)49-21-22-50(29(2)27-49)34(24-43)25-44-39-26-45-42-37(39)23-38(47-48-42)32-9-5-4-6-10-32;1-2/h4-7,9-11,13,23-26,31,33,40,46H,1-3,8,12,14-22,27,43H2,(H,45,48);1-2H3/b34-24+,44-25?;. The van der Waals surface area contributed by atoms with Crippen LogP contribution in [0.15, 0.2) is 115 Å². The molecule has 1 aliphatic carbocycles. The highest BCUT2D eigenvalue weighted by molar-refractivity contribution is 5.93. The summed E-state index contributed by atoms with van der Waals surface area (Å²) in [5.74, 6) is 0.621. The molecule has 2 aromatic carbocycles. The third-order valence-electron chi connectivity index (χ3n) is 11.5. The number of hydrogen-bond donors (Lipinski definition) is 3. The lowest BCUT2D eigenvalue weighted by atomic mass is 9.77. The van der Waals surface area contributed by atoms with Crippen molar-refractivity contribution in [1.29, 1.82) is 0 Å². The summed E-state index contributed by atoms with van der Waals surface area (Å²) >= 11 is 0. The van der Waals surface area contributed by atoms with Gasteiger partial charge in [-0.1, -0.05) is 76.0 Å². The van der Waals surface area contributed by atoms with Crippen molar-refractivity contribution in [3.8, 4) is 11.3 Å². The molecule has 9 heteroatoms. The molecule has 0 amide bonds. The van der Waals surface area contributed by atoms with Crippen LogP contribution < -0.4 is 16.0 Å². The quantitative estimate of drug-likeness (QED) is 0.165. The van der Waals surface area contributed by atoms with Crippen LogP contribution in [-0.2, 0) is 6.42 Å². The second-order valence-electron chi connectivity index (χ2n) is 14.5. The van der Waals surface area contributed by atoms with Crippen molar-refractivity contribution in [3.05, 3.63) is 121 Å². The highest BCUT2D eigenvalue weighted by Crippen LogP contribution is 2.42. The second-order valence-corrected chi connectivity index (χ2v) is 14.5. The normalized spacial score (nSPS) is 22.8. The average molecular weight is 710 g/mol. The summed E-state index contributed by atoms with van der Waals surface area (Å²) in [5, 5.41) is 13.1. The van der Waals surface area contributed by atoms with E-state index in [4.69, 9.17) is 10.7 Å². The van der Waals surface area contributed by atoms with Gasteiger partial charge in [-0.05, 0) is 80.5 Å². The van der Waals surface area contributed by atoms with E-state index in [0.29, 0.717) is 23.6 Å². The molecule has 0 spiro atoms. The molecule has 3 aliphatic heterocycles. The van der Waals surface area contributed by atoms with Crippen LogP contribution in [0.25, 0.3) is 22.3 Å². The van der Waals surface area contributed by atoms with Gasteiger partial charge in [0.15, 0.2) is 5.65 Å². The maximum atomic E-state index is 6.18. The monoisotopic (exact) mass is 709 g/mol. The number of anilines is 1. The number of aromatic amines is 1. The number of hydrogen-bond acceptors (Lipinski definition) is 8. The van der Waals surface area contributed by atoms with Gasteiger partial charge in [0, 0.05) is 78.3 Å². The summed E-state index contributed by atoms with van der Waals surface area (Å²) in [6.07, 6.45) is 14.7. The average Bonchev–Trinajstić information content (AvgIpc) is 3.61. The van der Waals surface area contributed by atoms with E-state index in [9.17, 15) is 0 Å². The van der Waals surface area contributed by atoms with Crippen molar-refractivity contribution in [2.75, 3.05) is 31.1 Å². The number of benzene rings is 2. The van der Waals surface area contributed by atoms with Crippen LogP contribution in [0, 0.1) is 0 Å². The number of nitrogens with two attached hydrogens (primary N) is 1. The summed E-state index contributed by atoms with van der Waals surface area (Å²) in [7, 11) is 0. The number of aliphatic imine (C=N–C) groups is 1. The van der Waals surface area contributed by atoms with Gasteiger partial charge in [0.25, 0.3) is 0 Å². The molecule has 4 aromatic rings. The van der Waals surface area contributed by atoms with Crippen LogP contribution in [0.5, 0.6) is 0 Å². The lowest BCUT2D eigenvalue weighted by molar-refractivity contribution is 0.118. The van der Waals surface area contributed by atoms with Gasteiger partial charge in [-0.2, -0.15) is 0 Å².